The average molecular weight is 417 g/mol. The lowest BCUT2D eigenvalue weighted by Gasteiger charge is -2.19. The zero-order chi connectivity index (χ0) is 15.1. The number of rotatable bonds is 5. The van der Waals surface area contributed by atoms with E-state index in [-0.39, 0.29) is 36.1 Å². The number of aliphatic hydroxyl groups excluding tert-OH is 1. The molecule has 0 aliphatic heterocycles. The van der Waals surface area contributed by atoms with Crippen molar-refractivity contribution in [2.75, 3.05) is 13.1 Å². The molecule has 22 heavy (non-hydrogen) atoms. The van der Waals surface area contributed by atoms with E-state index in [1.165, 1.54) is 5.56 Å². The molecule has 1 saturated carbocycles. The van der Waals surface area contributed by atoms with E-state index in [1.807, 2.05) is 18.2 Å². The molecule has 4 nitrogen and oxygen atoms in total. The molecule has 0 spiro atoms. The Kier molecular flexibility index (Phi) is 8.78. The highest BCUT2D eigenvalue weighted by Crippen LogP contribution is 2.25. The Balaban J connectivity index is 0.00000242. The van der Waals surface area contributed by atoms with Crippen LogP contribution in [0, 0.1) is 5.92 Å². The van der Waals surface area contributed by atoms with Gasteiger partial charge in [0, 0.05) is 19.0 Å². The van der Waals surface area contributed by atoms with Crippen LogP contribution in [0.25, 0.3) is 0 Å². The normalized spacial score (nSPS) is 22.8. The Labute approximate surface area is 150 Å². The van der Waals surface area contributed by atoms with E-state index in [0.29, 0.717) is 12.5 Å². The van der Waals surface area contributed by atoms with Crippen LogP contribution < -0.4 is 10.6 Å². The van der Waals surface area contributed by atoms with Gasteiger partial charge in [-0.25, -0.2) is 0 Å². The fraction of sp³-hybridized carbons (Fsp3) is 0.588. The van der Waals surface area contributed by atoms with Crippen LogP contribution in [0.15, 0.2) is 35.3 Å². The molecule has 1 aromatic carbocycles. The van der Waals surface area contributed by atoms with Gasteiger partial charge in [0.2, 0.25) is 0 Å². The topological polar surface area (TPSA) is 56.7 Å². The number of hydrogen-bond acceptors (Lipinski definition) is 2. The predicted octanol–water partition coefficient (Wildman–Crippen LogP) is 3.08. The number of hydrogen-bond donors (Lipinski definition) is 3. The molecular weight excluding hydrogens is 389 g/mol. The lowest BCUT2D eigenvalue weighted by atomic mass is 10.1. The molecule has 0 amide bonds. The van der Waals surface area contributed by atoms with Gasteiger partial charge in [0.1, 0.15) is 0 Å². The first-order chi connectivity index (χ1) is 10.2. The van der Waals surface area contributed by atoms with E-state index < -0.39 is 0 Å². The number of aliphatic imine (C=N–C) groups is 1. The first kappa shape index (κ1) is 19.2. The fourth-order valence-corrected chi connectivity index (χ4v) is 2.79. The molecule has 0 aromatic heterocycles. The minimum absolute atomic E-state index is 0. The maximum atomic E-state index is 9.88. The van der Waals surface area contributed by atoms with Gasteiger partial charge in [0.25, 0.3) is 0 Å². The molecule has 0 heterocycles. The van der Waals surface area contributed by atoms with Crippen molar-refractivity contribution >= 4 is 29.9 Å². The van der Waals surface area contributed by atoms with Crippen molar-refractivity contribution in [2.45, 2.75) is 45.3 Å². The molecule has 3 unspecified atom stereocenters. The third-order valence-corrected chi connectivity index (χ3v) is 4.10. The highest BCUT2D eigenvalue weighted by molar-refractivity contribution is 14.0. The van der Waals surface area contributed by atoms with Crippen LogP contribution in [0.5, 0.6) is 0 Å². The summed E-state index contributed by atoms with van der Waals surface area (Å²) < 4.78 is 0. The monoisotopic (exact) mass is 417 g/mol. The zero-order valence-electron chi connectivity index (χ0n) is 13.5. The highest BCUT2D eigenvalue weighted by atomic mass is 127. The summed E-state index contributed by atoms with van der Waals surface area (Å²) in [6.45, 7) is 5.72. The van der Waals surface area contributed by atoms with Gasteiger partial charge in [-0.1, -0.05) is 36.8 Å². The van der Waals surface area contributed by atoms with Gasteiger partial charge < -0.3 is 15.7 Å². The highest BCUT2D eigenvalue weighted by Gasteiger charge is 2.24. The number of benzene rings is 1. The molecule has 1 aliphatic rings. The largest absolute Gasteiger partial charge is 0.393 e. The molecule has 1 aliphatic carbocycles. The van der Waals surface area contributed by atoms with Crippen LogP contribution >= 0.6 is 24.0 Å². The zero-order valence-corrected chi connectivity index (χ0v) is 15.8. The van der Waals surface area contributed by atoms with Gasteiger partial charge in [0.15, 0.2) is 5.96 Å². The molecule has 3 N–H and O–H groups in total. The number of aliphatic hydroxyl groups is 1. The van der Waals surface area contributed by atoms with Crippen molar-refractivity contribution in [3.63, 3.8) is 0 Å². The van der Waals surface area contributed by atoms with Crippen LogP contribution in [-0.4, -0.2) is 30.3 Å². The average Bonchev–Trinajstić information content (AvgIpc) is 2.91. The third kappa shape index (κ3) is 5.76. The van der Waals surface area contributed by atoms with E-state index in [1.54, 1.807) is 0 Å². The standard InChI is InChI=1S/C17H27N3O.HI/c1-3-18-17(19-12-15-10-7-11-16(15)21)20-13(2)14-8-5-4-6-9-14;/h4-6,8-9,13,15-16,21H,3,7,10-12H2,1-2H3,(H2,18,19,20);1H. The maximum absolute atomic E-state index is 9.88. The van der Waals surface area contributed by atoms with E-state index in [9.17, 15) is 5.11 Å². The quantitative estimate of drug-likeness (QED) is 0.392. The van der Waals surface area contributed by atoms with E-state index >= 15 is 0 Å². The summed E-state index contributed by atoms with van der Waals surface area (Å²) in [4.78, 5) is 4.65. The first-order valence-electron chi connectivity index (χ1n) is 7.98. The second-order valence-electron chi connectivity index (χ2n) is 5.75. The number of halogens is 1. The molecule has 0 radical (unpaired) electrons. The van der Waals surface area contributed by atoms with Crippen LogP contribution in [0.1, 0.15) is 44.7 Å². The SMILES string of the molecule is CCNC(=NCC1CCCC1O)NC(C)c1ccccc1.I. The van der Waals surface area contributed by atoms with Crippen molar-refractivity contribution in [1.82, 2.24) is 10.6 Å². The summed E-state index contributed by atoms with van der Waals surface area (Å²) in [6, 6.07) is 10.6. The second kappa shape index (κ2) is 10.0. The van der Waals surface area contributed by atoms with Crippen LogP contribution in [0.4, 0.5) is 0 Å². The maximum Gasteiger partial charge on any atom is 0.191 e. The number of guanidine groups is 1. The van der Waals surface area contributed by atoms with Crippen LogP contribution in [-0.2, 0) is 0 Å². The molecule has 2 rings (SSSR count). The lowest BCUT2D eigenvalue weighted by molar-refractivity contribution is 0.136. The van der Waals surface area contributed by atoms with Crippen molar-refractivity contribution in [3.8, 4) is 0 Å². The first-order valence-corrected chi connectivity index (χ1v) is 7.98. The molecule has 1 fully saturated rings. The summed E-state index contributed by atoms with van der Waals surface area (Å²) >= 11 is 0. The summed E-state index contributed by atoms with van der Waals surface area (Å²) in [5, 5.41) is 16.6. The lowest BCUT2D eigenvalue weighted by Crippen LogP contribution is -2.39. The molecule has 124 valence electrons. The smallest absolute Gasteiger partial charge is 0.191 e. The Morgan fingerprint density at radius 3 is 2.64 bits per heavy atom. The minimum atomic E-state index is -0.178. The predicted molar refractivity (Wildman–Crippen MR) is 103 cm³/mol. The van der Waals surface area contributed by atoms with E-state index in [4.69, 9.17) is 0 Å². The van der Waals surface area contributed by atoms with Gasteiger partial charge in [-0.05, 0) is 32.3 Å². The van der Waals surface area contributed by atoms with Crippen molar-refractivity contribution in [1.29, 1.82) is 0 Å². The summed E-state index contributed by atoms with van der Waals surface area (Å²) in [7, 11) is 0. The Morgan fingerprint density at radius 2 is 2.05 bits per heavy atom. The molecule has 0 saturated heterocycles. The van der Waals surface area contributed by atoms with Crippen molar-refractivity contribution < 1.29 is 5.11 Å². The number of nitrogens with zero attached hydrogens (tertiary/aromatic N) is 1. The van der Waals surface area contributed by atoms with Crippen LogP contribution in [0.2, 0.25) is 0 Å². The second-order valence-corrected chi connectivity index (χ2v) is 5.75. The Hall–Kier alpha value is -0.820. The molecule has 0 bridgehead atoms. The van der Waals surface area contributed by atoms with Gasteiger partial charge in [0.05, 0.1) is 12.1 Å². The Morgan fingerprint density at radius 1 is 1.32 bits per heavy atom. The van der Waals surface area contributed by atoms with Gasteiger partial charge >= 0.3 is 0 Å². The number of nitrogens with one attached hydrogen (secondary N) is 2. The minimum Gasteiger partial charge on any atom is -0.393 e. The fourth-order valence-electron chi connectivity index (χ4n) is 2.79. The Bertz CT molecular complexity index is 452. The van der Waals surface area contributed by atoms with Crippen molar-refractivity contribution in [3.05, 3.63) is 35.9 Å². The summed E-state index contributed by atoms with van der Waals surface area (Å²) in [5.74, 6) is 1.14. The molecule has 5 heteroatoms. The molecule has 3 atom stereocenters. The summed E-state index contributed by atoms with van der Waals surface area (Å²) in [6.07, 6.45) is 2.94. The van der Waals surface area contributed by atoms with Crippen molar-refractivity contribution in [2.24, 2.45) is 10.9 Å². The van der Waals surface area contributed by atoms with Gasteiger partial charge in [-0.15, -0.1) is 24.0 Å². The molecule has 1 aromatic rings. The van der Waals surface area contributed by atoms with E-state index in [2.05, 4.69) is 41.6 Å². The molecular formula is C17H28IN3O. The van der Waals surface area contributed by atoms with Crippen LogP contribution in [0.3, 0.4) is 0 Å². The van der Waals surface area contributed by atoms with Gasteiger partial charge in [-0.2, -0.15) is 0 Å². The van der Waals surface area contributed by atoms with Gasteiger partial charge in [-0.3, -0.25) is 4.99 Å². The third-order valence-electron chi connectivity index (χ3n) is 4.10. The van der Waals surface area contributed by atoms with E-state index in [0.717, 1.165) is 31.8 Å². The summed E-state index contributed by atoms with van der Waals surface area (Å²) in [5.41, 5.74) is 1.24.